The van der Waals surface area contributed by atoms with Crippen LogP contribution in [0.3, 0.4) is 0 Å². The SMILES string of the molecule is CCC#C[C@@]1([Si](C)(C)C)C[C@H]1C=O. The van der Waals surface area contributed by atoms with Gasteiger partial charge in [-0.25, -0.2) is 0 Å². The summed E-state index contributed by atoms with van der Waals surface area (Å²) in [4.78, 5) is 10.7. The zero-order valence-corrected chi connectivity index (χ0v) is 9.98. The first-order valence-electron chi connectivity index (χ1n) is 4.93. The van der Waals surface area contributed by atoms with Crippen LogP contribution in [0.5, 0.6) is 0 Å². The average molecular weight is 194 g/mol. The van der Waals surface area contributed by atoms with Gasteiger partial charge in [-0.05, 0) is 6.42 Å². The largest absolute Gasteiger partial charge is 0.303 e. The summed E-state index contributed by atoms with van der Waals surface area (Å²) in [6.45, 7) is 8.98. The molecule has 0 aromatic carbocycles. The van der Waals surface area contributed by atoms with Crippen LogP contribution in [-0.4, -0.2) is 14.4 Å². The Labute approximate surface area is 81.9 Å². The van der Waals surface area contributed by atoms with E-state index in [9.17, 15) is 4.79 Å². The van der Waals surface area contributed by atoms with Crippen molar-refractivity contribution < 1.29 is 4.79 Å². The summed E-state index contributed by atoms with van der Waals surface area (Å²) in [6.07, 6.45) is 3.01. The van der Waals surface area contributed by atoms with Crippen LogP contribution in [0.15, 0.2) is 0 Å². The fourth-order valence-corrected chi connectivity index (χ4v) is 4.37. The van der Waals surface area contributed by atoms with E-state index in [4.69, 9.17) is 0 Å². The van der Waals surface area contributed by atoms with E-state index in [1.54, 1.807) is 0 Å². The number of rotatable bonds is 2. The van der Waals surface area contributed by atoms with E-state index in [2.05, 4.69) is 38.4 Å². The lowest BCUT2D eigenvalue weighted by Crippen LogP contribution is -2.30. The van der Waals surface area contributed by atoms with Crippen molar-refractivity contribution >= 4 is 14.4 Å². The molecule has 0 heterocycles. The molecule has 1 fully saturated rings. The molecule has 0 aromatic rings. The van der Waals surface area contributed by atoms with Crippen molar-refractivity contribution in [3.05, 3.63) is 0 Å². The molecule has 0 N–H and O–H groups in total. The first kappa shape index (κ1) is 10.5. The van der Waals surface area contributed by atoms with Gasteiger partial charge >= 0.3 is 0 Å². The molecule has 0 amide bonds. The lowest BCUT2D eigenvalue weighted by Gasteiger charge is -2.24. The smallest absolute Gasteiger partial charge is 0.124 e. The van der Waals surface area contributed by atoms with Gasteiger partial charge in [0.2, 0.25) is 0 Å². The van der Waals surface area contributed by atoms with Crippen LogP contribution < -0.4 is 0 Å². The Morgan fingerprint density at radius 2 is 2.15 bits per heavy atom. The van der Waals surface area contributed by atoms with Gasteiger partial charge in [0.15, 0.2) is 0 Å². The third-order valence-electron chi connectivity index (χ3n) is 3.01. The molecule has 0 saturated heterocycles. The Balaban J connectivity index is 2.87. The van der Waals surface area contributed by atoms with Crippen LogP contribution in [0.4, 0.5) is 0 Å². The summed E-state index contributed by atoms with van der Waals surface area (Å²) in [6, 6.07) is 0. The number of hydrogen-bond donors (Lipinski definition) is 0. The van der Waals surface area contributed by atoms with Crippen molar-refractivity contribution in [1.29, 1.82) is 0 Å². The van der Waals surface area contributed by atoms with E-state index in [-0.39, 0.29) is 11.0 Å². The topological polar surface area (TPSA) is 17.1 Å². The molecular formula is C11H18OSi. The number of carbonyl (C=O) groups is 1. The normalized spacial score (nSPS) is 31.8. The number of hydrogen-bond acceptors (Lipinski definition) is 1. The maximum absolute atomic E-state index is 10.7. The molecule has 0 spiro atoms. The summed E-state index contributed by atoms with van der Waals surface area (Å²) in [5, 5.41) is 0.116. The Morgan fingerprint density at radius 1 is 1.54 bits per heavy atom. The van der Waals surface area contributed by atoms with Crippen molar-refractivity contribution in [1.82, 2.24) is 0 Å². The molecule has 1 aliphatic carbocycles. The Kier molecular flexibility index (Phi) is 2.68. The Bertz CT molecular complexity index is 266. The monoisotopic (exact) mass is 194 g/mol. The van der Waals surface area contributed by atoms with Gasteiger partial charge < -0.3 is 4.79 Å². The van der Waals surface area contributed by atoms with E-state index in [0.29, 0.717) is 0 Å². The van der Waals surface area contributed by atoms with Crippen LogP contribution in [0.2, 0.25) is 24.7 Å². The minimum atomic E-state index is -1.30. The minimum absolute atomic E-state index is 0.116. The van der Waals surface area contributed by atoms with Gasteiger partial charge in [0.1, 0.15) is 6.29 Å². The first-order valence-corrected chi connectivity index (χ1v) is 8.43. The number of aldehydes is 1. The van der Waals surface area contributed by atoms with Gasteiger partial charge in [-0.2, -0.15) is 0 Å². The summed E-state index contributed by atoms with van der Waals surface area (Å²) in [7, 11) is -1.30. The molecule has 1 saturated carbocycles. The van der Waals surface area contributed by atoms with Gasteiger partial charge in [0, 0.05) is 17.4 Å². The standard InChI is InChI=1S/C11H18OSi/c1-5-6-7-11(13(2,3)4)8-10(11)9-12/h9-10H,5,8H2,1-4H3/t10-,11+/m0/s1. The second kappa shape index (κ2) is 3.30. The molecule has 0 bridgehead atoms. The van der Waals surface area contributed by atoms with Crippen LogP contribution in [-0.2, 0) is 4.79 Å². The molecule has 1 rings (SSSR count). The molecular weight excluding hydrogens is 176 g/mol. The molecule has 2 atom stereocenters. The highest BCUT2D eigenvalue weighted by Crippen LogP contribution is 2.64. The maximum Gasteiger partial charge on any atom is 0.124 e. The zero-order valence-electron chi connectivity index (χ0n) is 8.98. The fraction of sp³-hybridized carbons (Fsp3) is 0.727. The molecule has 0 radical (unpaired) electrons. The summed E-state index contributed by atoms with van der Waals surface area (Å²) in [5.41, 5.74) is 0. The third-order valence-corrected chi connectivity index (χ3v) is 6.38. The fourth-order valence-electron chi connectivity index (χ4n) is 1.89. The van der Waals surface area contributed by atoms with E-state index in [1.165, 1.54) is 0 Å². The maximum atomic E-state index is 10.7. The highest BCUT2D eigenvalue weighted by Gasteiger charge is 2.61. The van der Waals surface area contributed by atoms with E-state index >= 15 is 0 Å². The molecule has 0 unspecified atom stereocenters. The van der Waals surface area contributed by atoms with E-state index in [0.717, 1.165) is 19.1 Å². The number of carbonyl (C=O) groups excluding carboxylic acids is 1. The predicted molar refractivity (Wildman–Crippen MR) is 58.3 cm³/mol. The van der Waals surface area contributed by atoms with Crippen LogP contribution in [0.1, 0.15) is 19.8 Å². The average Bonchev–Trinajstić information content (AvgIpc) is 2.75. The molecule has 1 nitrogen and oxygen atoms in total. The lowest BCUT2D eigenvalue weighted by molar-refractivity contribution is -0.108. The van der Waals surface area contributed by atoms with Gasteiger partial charge in [-0.3, -0.25) is 0 Å². The van der Waals surface area contributed by atoms with Crippen LogP contribution >= 0.6 is 0 Å². The second-order valence-electron chi connectivity index (χ2n) is 4.82. The molecule has 13 heavy (non-hydrogen) atoms. The van der Waals surface area contributed by atoms with Gasteiger partial charge in [0.05, 0.1) is 8.07 Å². The highest BCUT2D eigenvalue weighted by atomic mass is 28.3. The predicted octanol–water partition coefficient (Wildman–Crippen LogP) is 2.70. The molecule has 1 aliphatic rings. The van der Waals surface area contributed by atoms with Crippen molar-refractivity contribution in [2.45, 2.75) is 44.4 Å². The van der Waals surface area contributed by atoms with Crippen LogP contribution in [0.25, 0.3) is 0 Å². The highest BCUT2D eigenvalue weighted by molar-refractivity contribution is 6.81. The Morgan fingerprint density at radius 3 is 2.46 bits per heavy atom. The van der Waals surface area contributed by atoms with Crippen molar-refractivity contribution in [3.8, 4) is 11.8 Å². The molecule has 2 heteroatoms. The van der Waals surface area contributed by atoms with Crippen molar-refractivity contribution in [3.63, 3.8) is 0 Å². The zero-order chi connectivity index (χ0) is 10.1. The van der Waals surface area contributed by atoms with Gasteiger partial charge in [0.25, 0.3) is 0 Å². The molecule has 0 aromatic heterocycles. The van der Waals surface area contributed by atoms with Gasteiger partial charge in [-0.15, -0.1) is 5.92 Å². The summed E-state index contributed by atoms with van der Waals surface area (Å²) < 4.78 is 0. The summed E-state index contributed by atoms with van der Waals surface area (Å²) in [5.74, 6) is 6.72. The third kappa shape index (κ3) is 1.71. The molecule has 72 valence electrons. The van der Waals surface area contributed by atoms with E-state index in [1.807, 2.05) is 0 Å². The lowest BCUT2D eigenvalue weighted by atomic mass is 10.3. The minimum Gasteiger partial charge on any atom is -0.303 e. The second-order valence-corrected chi connectivity index (χ2v) is 10.2. The Hall–Kier alpha value is -0.553. The van der Waals surface area contributed by atoms with E-state index < -0.39 is 8.07 Å². The van der Waals surface area contributed by atoms with Crippen LogP contribution in [0, 0.1) is 17.8 Å². The molecule has 0 aliphatic heterocycles. The summed E-state index contributed by atoms with van der Waals surface area (Å²) >= 11 is 0. The van der Waals surface area contributed by atoms with Crippen molar-refractivity contribution in [2.75, 3.05) is 0 Å². The quantitative estimate of drug-likeness (QED) is 0.375. The van der Waals surface area contributed by atoms with Crippen molar-refractivity contribution in [2.24, 2.45) is 5.92 Å². The van der Waals surface area contributed by atoms with Gasteiger partial charge in [-0.1, -0.05) is 32.5 Å². The first-order chi connectivity index (χ1) is 5.98.